The number of hydrogen-bond acceptors (Lipinski definition) is 4. The van der Waals surface area contributed by atoms with E-state index in [2.05, 4.69) is 71.5 Å². The summed E-state index contributed by atoms with van der Waals surface area (Å²) in [6.07, 6.45) is 6.13. The Bertz CT molecular complexity index is 1100. The van der Waals surface area contributed by atoms with E-state index in [4.69, 9.17) is 0 Å². The molecule has 41 heavy (non-hydrogen) atoms. The molecule has 226 valence electrons. The second kappa shape index (κ2) is 17.2. The average Bonchev–Trinajstić information content (AvgIpc) is 3.59. The van der Waals surface area contributed by atoms with Crippen molar-refractivity contribution in [2.45, 2.75) is 110 Å². The molecule has 0 bridgehead atoms. The number of nitrogens with one attached hydrogen (secondary N) is 4. The summed E-state index contributed by atoms with van der Waals surface area (Å²) >= 11 is 0. The van der Waals surface area contributed by atoms with Crippen LogP contribution in [0.1, 0.15) is 103 Å². The van der Waals surface area contributed by atoms with Crippen LogP contribution in [0.4, 0.5) is 0 Å². The molecule has 0 radical (unpaired) electrons. The zero-order valence-electron chi connectivity index (χ0n) is 25.8. The molecule has 1 fully saturated rings. The van der Waals surface area contributed by atoms with Gasteiger partial charge in [-0.25, -0.2) is 0 Å². The summed E-state index contributed by atoms with van der Waals surface area (Å²) in [6, 6.07) is 22.0. The van der Waals surface area contributed by atoms with Gasteiger partial charge in [-0.05, 0) is 84.8 Å². The Labute approximate surface area is 255 Å². The molecule has 0 aromatic heterocycles. The average molecular weight is 581 g/mol. The van der Waals surface area contributed by atoms with Crippen molar-refractivity contribution in [3.8, 4) is 0 Å². The monoisotopic (exact) mass is 580 g/mol. The summed E-state index contributed by atoms with van der Waals surface area (Å²) in [4.78, 5) is 24.4. The zero-order valence-corrected chi connectivity index (χ0v) is 26.8. The maximum atomic E-state index is 12.2. The maximum Gasteiger partial charge on any atom is 0.249 e. The van der Waals surface area contributed by atoms with Crippen LogP contribution in [0.25, 0.3) is 0 Å². The fourth-order valence-corrected chi connectivity index (χ4v) is 5.61. The number of carbonyl (C=O) groups excluding carboxylic acids is 2. The second-order valence-corrected chi connectivity index (χ2v) is 11.8. The zero-order chi connectivity index (χ0) is 29.1. The Morgan fingerprint density at radius 2 is 1.27 bits per heavy atom. The van der Waals surface area contributed by atoms with E-state index < -0.39 is 0 Å². The maximum absolute atomic E-state index is 12.2. The van der Waals surface area contributed by atoms with E-state index in [1.54, 1.807) is 0 Å². The van der Waals surface area contributed by atoms with Crippen molar-refractivity contribution >= 4 is 25.3 Å². The molecule has 0 saturated heterocycles. The molecule has 0 heterocycles. The number of rotatable bonds is 10. The first kappa shape index (κ1) is 34.4. The molecule has 2 amide bonds. The fraction of sp³-hybridized carbons (Fsp3) is 0.529. The van der Waals surface area contributed by atoms with E-state index in [9.17, 15) is 9.59 Å². The van der Waals surface area contributed by atoms with E-state index in [0.29, 0.717) is 6.04 Å². The van der Waals surface area contributed by atoms with Gasteiger partial charge in [-0.1, -0.05) is 67.1 Å². The van der Waals surface area contributed by atoms with E-state index in [-0.39, 0.29) is 55.4 Å². The summed E-state index contributed by atoms with van der Waals surface area (Å²) in [7, 11) is 0. The number of hydrogen-bond donors (Lipinski definition) is 4. The second-order valence-electron chi connectivity index (χ2n) is 11.8. The van der Waals surface area contributed by atoms with Gasteiger partial charge in [-0.3, -0.25) is 9.59 Å². The van der Waals surface area contributed by atoms with Crippen molar-refractivity contribution in [2.24, 2.45) is 5.92 Å². The predicted molar refractivity (Wildman–Crippen MR) is 175 cm³/mol. The molecule has 0 spiro atoms. The quantitative estimate of drug-likeness (QED) is 0.261. The number of carbonyl (C=O) groups is 2. The van der Waals surface area contributed by atoms with Crippen molar-refractivity contribution in [1.82, 2.24) is 21.3 Å². The van der Waals surface area contributed by atoms with E-state index in [1.165, 1.54) is 11.1 Å². The van der Waals surface area contributed by atoms with Gasteiger partial charge in [0, 0.05) is 41.5 Å². The third-order valence-electron chi connectivity index (χ3n) is 7.65. The fourth-order valence-electron chi connectivity index (χ4n) is 5.61. The minimum atomic E-state index is 0. The third kappa shape index (κ3) is 10.9. The van der Waals surface area contributed by atoms with Gasteiger partial charge >= 0.3 is 0 Å². The van der Waals surface area contributed by atoms with Gasteiger partial charge < -0.3 is 21.3 Å². The van der Waals surface area contributed by atoms with Crippen molar-refractivity contribution < 1.29 is 9.59 Å². The Hall–Kier alpha value is -2.77. The van der Waals surface area contributed by atoms with Gasteiger partial charge in [0.1, 0.15) is 0 Å². The molecule has 0 aliphatic heterocycles. The van der Waals surface area contributed by atoms with E-state index in [0.717, 1.165) is 49.8 Å². The molecule has 2 aromatic rings. The highest BCUT2D eigenvalue weighted by Gasteiger charge is 2.33. The smallest absolute Gasteiger partial charge is 0.249 e. The van der Waals surface area contributed by atoms with Crippen LogP contribution in [0.5, 0.6) is 0 Å². The highest BCUT2D eigenvalue weighted by Crippen LogP contribution is 2.29. The predicted octanol–water partition coefficient (Wildman–Crippen LogP) is 6.44. The summed E-state index contributed by atoms with van der Waals surface area (Å²) in [6.45, 7) is 12.3. The van der Waals surface area contributed by atoms with Gasteiger partial charge in [-0.15, -0.1) is 0 Å². The molecule has 2 aliphatic rings. The molecular formula is C34H52N4O2S. The summed E-state index contributed by atoms with van der Waals surface area (Å²) in [5.41, 5.74) is 4.57. The van der Waals surface area contributed by atoms with E-state index >= 15 is 0 Å². The van der Waals surface area contributed by atoms with Crippen LogP contribution in [-0.4, -0.2) is 29.9 Å². The Kier molecular flexibility index (Phi) is 14.5. The Morgan fingerprint density at radius 1 is 0.707 bits per heavy atom. The minimum absolute atomic E-state index is 0. The van der Waals surface area contributed by atoms with Crippen LogP contribution in [0, 0.1) is 5.92 Å². The van der Waals surface area contributed by atoms with Gasteiger partial charge in [0.15, 0.2) is 0 Å². The van der Waals surface area contributed by atoms with Crippen LogP contribution >= 0.6 is 13.5 Å². The summed E-state index contributed by atoms with van der Waals surface area (Å²) in [5.74, 6) is 0.402. The summed E-state index contributed by atoms with van der Waals surface area (Å²) in [5, 5.41) is 13.2. The van der Waals surface area contributed by atoms with Crippen LogP contribution in [0.3, 0.4) is 0 Å². The van der Waals surface area contributed by atoms with Gasteiger partial charge in [0.25, 0.3) is 0 Å². The molecule has 1 saturated carbocycles. The highest BCUT2D eigenvalue weighted by molar-refractivity contribution is 7.59. The van der Waals surface area contributed by atoms with Crippen LogP contribution < -0.4 is 21.3 Å². The van der Waals surface area contributed by atoms with Crippen LogP contribution in [0.2, 0.25) is 0 Å². The molecule has 4 atom stereocenters. The van der Waals surface area contributed by atoms with Gasteiger partial charge in [-0.2, -0.15) is 13.5 Å². The first-order chi connectivity index (χ1) is 19.2. The van der Waals surface area contributed by atoms with Crippen molar-refractivity contribution in [3.05, 3.63) is 83.1 Å². The number of amides is 2. The molecule has 0 unspecified atom stereocenters. The van der Waals surface area contributed by atoms with E-state index in [1.807, 2.05) is 52.0 Å². The lowest BCUT2D eigenvalue weighted by molar-refractivity contribution is -0.126. The first-order valence-corrected chi connectivity index (χ1v) is 15.1. The lowest BCUT2D eigenvalue weighted by Gasteiger charge is -2.25. The standard InChI is InChI=1S/C17H26N2O.C17H24N2O.H2S/c2*1-12(2)18-17(20)15-10-7-11-16(15)19-13(3)14-8-5-4-6-9-14;/h4-6,8-9,12-13,15-16,19H,7,10-11H2,1-3H3,(H,18,20);4-6,8-9,12-13,19H,7,10-11H2,1-3H3,(H,18,20);1H2/t13-,15+,16-;13-;/m11./s1. The lowest BCUT2D eigenvalue weighted by Crippen LogP contribution is -2.44. The topological polar surface area (TPSA) is 82.3 Å². The molecule has 2 aliphatic carbocycles. The summed E-state index contributed by atoms with van der Waals surface area (Å²) < 4.78 is 0. The van der Waals surface area contributed by atoms with Crippen LogP contribution in [0.15, 0.2) is 71.9 Å². The largest absolute Gasteiger partial charge is 0.381 e. The first-order valence-electron chi connectivity index (χ1n) is 15.1. The molecular weight excluding hydrogens is 528 g/mol. The SMILES string of the molecule is CC(C)NC(=O)C1=C(N[C@H](C)c2ccccc2)CCC1.CC(C)NC(=O)[C@H]1CCC[C@H]1N[C@H](C)c1ccccc1.S. The normalized spacial score (nSPS) is 19.6. The van der Waals surface area contributed by atoms with Crippen molar-refractivity contribution in [1.29, 1.82) is 0 Å². The molecule has 4 N–H and O–H groups in total. The lowest BCUT2D eigenvalue weighted by atomic mass is 9.99. The molecule has 4 rings (SSSR count). The van der Waals surface area contributed by atoms with Gasteiger partial charge in [0.2, 0.25) is 11.8 Å². The van der Waals surface area contributed by atoms with Crippen molar-refractivity contribution in [2.75, 3.05) is 0 Å². The van der Waals surface area contributed by atoms with Crippen molar-refractivity contribution in [3.63, 3.8) is 0 Å². The molecule has 2 aromatic carbocycles. The minimum Gasteiger partial charge on any atom is -0.381 e. The Morgan fingerprint density at radius 3 is 1.83 bits per heavy atom. The number of allylic oxidation sites excluding steroid dienone is 1. The highest BCUT2D eigenvalue weighted by atomic mass is 32.1. The van der Waals surface area contributed by atoms with Crippen LogP contribution in [-0.2, 0) is 9.59 Å². The number of benzene rings is 2. The third-order valence-corrected chi connectivity index (χ3v) is 7.65. The Balaban J connectivity index is 0.000000280. The molecule has 6 nitrogen and oxygen atoms in total. The van der Waals surface area contributed by atoms with Gasteiger partial charge in [0.05, 0.1) is 5.92 Å². The molecule has 7 heteroatoms.